The standard InChI is InChI=1S/C11H16N2O4S/c1-17-4-3-13-11(14)8-5-9(12)7-10(6-8)18(2,15)16/h5-7H,3-4,12H2,1-2H3,(H,13,14). The van der Waals surface area contributed by atoms with Crippen LogP contribution in [0.15, 0.2) is 23.1 Å². The van der Waals surface area contributed by atoms with Gasteiger partial charge >= 0.3 is 0 Å². The van der Waals surface area contributed by atoms with Gasteiger partial charge in [0, 0.05) is 31.2 Å². The third kappa shape index (κ3) is 4.01. The number of hydrogen-bond acceptors (Lipinski definition) is 5. The van der Waals surface area contributed by atoms with Crippen molar-refractivity contribution in [1.29, 1.82) is 0 Å². The van der Waals surface area contributed by atoms with Gasteiger partial charge < -0.3 is 15.8 Å². The van der Waals surface area contributed by atoms with Gasteiger partial charge in [-0.2, -0.15) is 0 Å². The normalized spacial score (nSPS) is 11.2. The van der Waals surface area contributed by atoms with Crippen LogP contribution in [0.1, 0.15) is 10.4 Å². The molecular formula is C11H16N2O4S. The van der Waals surface area contributed by atoms with Crippen LogP contribution < -0.4 is 11.1 Å². The molecule has 100 valence electrons. The predicted octanol–water partition coefficient (Wildman–Crippen LogP) is 0.0485. The molecule has 0 aliphatic heterocycles. The molecule has 0 aliphatic rings. The number of benzene rings is 1. The number of sulfone groups is 1. The van der Waals surface area contributed by atoms with Gasteiger partial charge in [0.1, 0.15) is 0 Å². The van der Waals surface area contributed by atoms with Crippen LogP contribution in [0, 0.1) is 0 Å². The number of nitrogens with one attached hydrogen (secondary N) is 1. The lowest BCUT2D eigenvalue weighted by atomic mass is 10.2. The number of anilines is 1. The third-order valence-electron chi connectivity index (χ3n) is 2.21. The molecule has 0 fully saturated rings. The van der Waals surface area contributed by atoms with Crippen LogP contribution in [0.25, 0.3) is 0 Å². The molecular weight excluding hydrogens is 256 g/mol. The Kier molecular flexibility index (Phi) is 4.69. The predicted molar refractivity (Wildman–Crippen MR) is 68.2 cm³/mol. The van der Waals surface area contributed by atoms with E-state index in [0.29, 0.717) is 13.2 Å². The molecule has 0 aromatic heterocycles. The van der Waals surface area contributed by atoms with Gasteiger partial charge in [-0.1, -0.05) is 0 Å². The summed E-state index contributed by atoms with van der Waals surface area (Å²) in [7, 11) is -1.87. The van der Waals surface area contributed by atoms with Crippen LogP contribution in [-0.4, -0.2) is 40.8 Å². The maximum absolute atomic E-state index is 11.7. The average Bonchev–Trinajstić information content (AvgIpc) is 2.27. The van der Waals surface area contributed by atoms with E-state index in [1.165, 1.54) is 25.3 Å². The van der Waals surface area contributed by atoms with E-state index in [9.17, 15) is 13.2 Å². The maximum Gasteiger partial charge on any atom is 0.251 e. The van der Waals surface area contributed by atoms with Crippen molar-refractivity contribution in [3.05, 3.63) is 23.8 Å². The number of ether oxygens (including phenoxy) is 1. The largest absolute Gasteiger partial charge is 0.399 e. The molecule has 3 N–H and O–H groups in total. The minimum Gasteiger partial charge on any atom is -0.399 e. The van der Waals surface area contributed by atoms with Gasteiger partial charge in [-0.05, 0) is 18.2 Å². The molecule has 0 heterocycles. The first kappa shape index (κ1) is 14.5. The Morgan fingerprint density at radius 1 is 1.39 bits per heavy atom. The molecule has 18 heavy (non-hydrogen) atoms. The van der Waals surface area contributed by atoms with Crippen LogP contribution >= 0.6 is 0 Å². The number of amides is 1. The second-order valence-electron chi connectivity index (χ2n) is 3.81. The minimum absolute atomic E-state index is 0.0272. The highest BCUT2D eigenvalue weighted by Gasteiger charge is 2.13. The first-order chi connectivity index (χ1) is 8.34. The van der Waals surface area contributed by atoms with Crippen molar-refractivity contribution < 1.29 is 17.9 Å². The van der Waals surface area contributed by atoms with Crippen molar-refractivity contribution in [3.8, 4) is 0 Å². The van der Waals surface area contributed by atoms with Crippen LogP contribution in [0.2, 0.25) is 0 Å². The molecule has 0 spiro atoms. The van der Waals surface area contributed by atoms with Crippen molar-refractivity contribution >= 4 is 21.4 Å². The van der Waals surface area contributed by atoms with E-state index in [1.807, 2.05) is 0 Å². The Labute approximate surface area is 106 Å². The maximum atomic E-state index is 11.7. The summed E-state index contributed by atoms with van der Waals surface area (Å²) in [6.45, 7) is 0.728. The molecule has 1 amide bonds. The topological polar surface area (TPSA) is 98.5 Å². The fourth-order valence-corrected chi connectivity index (χ4v) is 2.03. The van der Waals surface area contributed by atoms with E-state index in [2.05, 4.69) is 5.32 Å². The molecule has 1 aromatic carbocycles. The molecule has 1 rings (SSSR count). The van der Waals surface area contributed by atoms with E-state index < -0.39 is 9.84 Å². The Balaban J connectivity index is 2.96. The highest BCUT2D eigenvalue weighted by Crippen LogP contribution is 2.16. The summed E-state index contributed by atoms with van der Waals surface area (Å²) in [6.07, 6.45) is 1.06. The number of nitrogen functional groups attached to an aromatic ring is 1. The fraction of sp³-hybridized carbons (Fsp3) is 0.364. The quantitative estimate of drug-likeness (QED) is 0.583. The summed E-state index contributed by atoms with van der Waals surface area (Å²) in [6, 6.07) is 4.05. The molecule has 0 atom stereocenters. The Bertz CT molecular complexity index is 540. The second-order valence-corrected chi connectivity index (χ2v) is 5.83. The van der Waals surface area contributed by atoms with Gasteiger partial charge in [0.25, 0.3) is 5.91 Å². The first-order valence-electron chi connectivity index (χ1n) is 5.22. The molecule has 6 nitrogen and oxygen atoms in total. The molecule has 0 saturated carbocycles. The summed E-state index contributed by atoms with van der Waals surface area (Å²) in [5, 5.41) is 2.59. The lowest BCUT2D eigenvalue weighted by Crippen LogP contribution is -2.27. The number of rotatable bonds is 5. The zero-order chi connectivity index (χ0) is 13.8. The molecule has 7 heteroatoms. The fourth-order valence-electron chi connectivity index (χ4n) is 1.34. The number of nitrogens with two attached hydrogens (primary N) is 1. The van der Waals surface area contributed by atoms with Crippen molar-refractivity contribution in [1.82, 2.24) is 5.32 Å². The van der Waals surface area contributed by atoms with E-state index in [1.54, 1.807) is 0 Å². The minimum atomic E-state index is -3.39. The van der Waals surface area contributed by atoms with Crippen LogP contribution in [0.5, 0.6) is 0 Å². The van der Waals surface area contributed by atoms with E-state index in [-0.39, 0.29) is 22.1 Å². The monoisotopic (exact) mass is 272 g/mol. The Morgan fingerprint density at radius 2 is 2.06 bits per heavy atom. The van der Waals surface area contributed by atoms with Gasteiger partial charge in [-0.3, -0.25) is 4.79 Å². The average molecular weight is 272 g/mol. The summed E-state index contributed by atoms with van der Waals surface area (Å²) in [5.41, 5.74) is 6.03. The third-order valence-corrected chi connectivity index (χ3v) is 3.30. The molecule has 0 saturated heterocycles. The van der Waals surface area contributed by atoms with Crippen molar-refractivity contribution in [2.75, 3.05) is 32.3 Å². The zero-order valence-electron chi connectivity index (χ0n) is 10.3. The van der Waals surface area contributed by atoms with Gasteiger partial charge in [0.05, 0.1) is 11.5 Å². The molecule has 0 aliphatic carbocycles. The van der Waals surface area contributed by atoms with Crippen LogP contribution in [0.4, 0.5) is 5.69 Å². The van der Waals surface area contributed by atoms with Crippen LogP contribution in [0.3, 0.4) is 0 Å². The van der Waals surface area contributed by atoms with Crippen molar-refractivity contribution in [2.24, 2.45) is 0 Å². The Morgan fingerprint density at radius 3 is 2.61 bits per heavy atom. The van der Waals surface area contributed by atoms with Gasteiger partial charge in [0.15, 0.2) is 9.84 Å². The molecule has 1 aromatic rings. The van der Waals surface area contributed by atoms with Gasteiger partial charge in [-0.25, -0.2) is 8.42 Å². The SMILES string of the molecule is COCCNC(=O)c1cc(N)cc(S(C)(=O)=O)c1. The number of carbonyl (C=O) groups is 1. The molecule has 0 bridgehead atoms. The lowest BCUT2D eigenvalue weighted by Gasteiger charge is -2.07. The van der Waals surface area contributed by atoms with E-state index >= 15 is 0 Å². The highest BCUT2D eigenvalue weighted by molar-refractivity contribution is 7.90. The summed E-state index contributed by atoms with van der Waals surface area (Å²) in [5.74, 6) is -0.385. The van der Waals surface area contributed by atoms with Crippen molar-refractivity contribution in [2.45, 2.75) is 4.90 Å². The summed E-state index contributed by atoms with van der Waals surface area (Å²) >= 11 is 0. The zero-order valence-corrected chi connectivity index (χ0v) is 11.1. The highest BCUT2D eigenvalue weighted by atomic mass is 32.2. The van der Waals surface area contributed by atoms with Gasteiger partial charge in [0.2, 0.25) is 0 Å². The van der Waals surface area contributed by atoms with E-state index in [0.717, 1.165) is 6.26 Å². The Hall–Kier alpha value is -1.60. The lowest BCUT2D eigenvalue weighted by molar-refractivity contribution is 0.0937. The molecule has 0 unspecified atom stereocenters. The molecule has 0 radical (unpaired) electrons. The van der Waals surface area contributed by atoms with Gasteiger partial charge in [-0.15, -0.1) is 0 Å². The second kappa shape index (κ2) is 5.83. The van der Waals surface area contributed by atoms with E-state index in [4.69, 9.17) is 10.5 Å². The van der Waals surface area contributed by atoms with Crippen molar-refractivity contribution in [3.63, 3.8) is 0 Å². The number of carbonyl (C=O) groups excluding carboxylic acids is 1. The first-order valence-corrected chi connectivity index (χ1v) is 7.11. The summed E-state index contributed by atoms with van der Waals surface area (Å²) in [4.78, 5) is 11.8. The smallest absolute Gasteiger partial charge is 0.251 e. The number of hydrogen-bond donors (Lipinski definition) is 2. The summed E-state index contributed by atoms with van der Waals surface area (Å²) < 4.78 is 27.6. The van der Waals surface area contributed by atoms with Crippen LogP contribution in [-0.2, 0) is 14.6 Å². The number of methoxy groups -OCH3 is 1.